The summed E-state index contributed by atoms with van der Waals surface area (Å²) in [6, 6.07) is 11.7. The first kappa shape index (κ1) is 13.7. The molecule has 2 aromatic carbocycles. The third-order valence-electron chi connectivity index (χ3n) is 3.82. The van der Waals surface area contributed by atoms with Crippen molar-refractivity contribution in [2.45, 2.75) is 0 Å². The van der Waals surface area contributed by atoms with Gasteiger partial charge in [0.05, 0.1) is 11.0 Å². The van der Waals surface area contributed by atoms with E-state index in [1.54, 1.807) is 0 Å². The second-order valence-corrected chi connectivity index (χ2v) is 6.36. The van der Waals surface area contributed by atoms with Gasteiger partial charge >= 0.3 is 0 Å². The number of imidazole rings is 1. The molecule has 3 heterocycles. The summed E-state index contributed by atoms with van der Waals surface area (Å²) in [4.78, 5) is 9.03. The van der Waals surface area contributed by atoms with Crippen molar-refractivity contribution >= 4 is 44.4 Å². The first-order valence-electron chi connectivity index (χ1n) is 7.47. The third kappa shape index (κ3) is 2.18. The van der Waals surface area contributed by atoms with Crippen molar-refractivity contribution in [2.75, 3.05) is 18.5 Å². The Hall–Kier alpha value is -2.74. The second-order valence-electron chi connectivity index (χ2n) is 5.44. The minimum atomic E-state index is 0.555. The van der Waals surface area contributed by atoms with Gasteiger partial charge in [-0.1, -0.05) is 22.0 Å². The first-order chi connectivity index (χ1) is 11.8. The summed E-state index contributed by atoms with van der Waals surface area (Å²) in [5, 5.41) is 6.45. The Balaban J connectivity index is 1.58. The number of benzene rings is 2. The van der Waals surface area contributed by atoms with Crippen molar-refractivity contribution in [1.82, 2.24) is 19.6 Å². The molecule has 8 heteroatoms. The van der Waals surface area contributed by atoms with Crippen molar-refractivity contribution in [2.24, 2.45) is 0 Å². The molecule has 0 radical (unpaired) electrons. The molecule has 7 nitrogen and oxygen atoms in total. The highest BCUT2D eigenvalue weighted by Crippen LogP contribution is 2.34. The maximum Gasteiger partial charge on any atom is 0.253 e. The van der Waals surface area contributed by atoms with Crippen LogP contribution in [-0.4, -0.2) is 32.8 Å². The maximum atomic E-state index is 5.64. The lowest BCUT2D eigenvalue weighted by molar-refractivity contribution is 0.172. The van der Waals surface area contributed by atoms with Gasteiger partial charge in [0, 0.05) is 22.3 Å². The molecule has 1 aliphatic heterocycles. The molecule has 0 aliphatic carbocycles. The molecule has 0 fully saturated rings. The predicted octanol–water partition coefficient (Wildman–Crippen LogP) is 3.49. The average molecular weight is 386 g/mol. The van der Waals surface area contributed by atoms with Gasteiger partial charge in [-0.05, 0) is 18.2 Å². The van der Waals surface area contributed by atoms with E-state index in [0.29, 0.717) is 24.9 Å². The van der Waals surface area contributed by atoms with Gasteiger partial charge in [-0.2, -0.15) is 4.98 Å². The van der Waals surface area contributed by atoms with Gasteiger partial charge in [0.15, 0.2) is 11.5 Å². The molecule has 0 saturated heterocycles. The molecule has 0 unspecified atom stereocenters. The summed E-state index contributed by atoms with van der Waals surface area (Å²) in [5.74, 6) is 2.66. The van der Waals surface area contributed by atoms with Crippen LogP contribution in [-0.2, 0) is 0 Å². The topological polar surface area (TPSA) is 76.5 Å². The highest BCUT2D eigenvalue weighted by atomic mass is 79.9. The molecule has 4 aromatic rings. The fourth-order valence-corrected chi connectivity index (χ4v) is 3.18. The van der Waals surface area contributed by atoms with Crippen LogP contribution < -0.4 is 14.8 Å². The number of rotatable bonds is 2. The van der Waals surface area contributed by atoms with Crippen LogP contribution in [0.25, 0.3) is 16.8 Å². The molecule has 24 heavy (non-hydrogen) atoms. The van der Waals surface area contributed by atoms with E-state index in [0.717, 1.165) is 32.7 Å². The number of halogens is 1. The van der Waals surface area contributed by atoms with Crippen LogP contribution in [0.4, 0.5) is 11.6 Å². The first-order valence-corrected chi connectivity index (χ1v) is 8.26. The van der Waals surface area contributed by atoms with Crippen LogP contribution >= 0.6 is 15.9 Å². The Morgan fingerprint density at radius 2 is 1.92 bits per heavy atom. The number of hydrogen-bond acceptors (Lipinski definition) is 5. The maximum absolute atomic E-state index is 5.64. The normalized spacial score (nSPS) is 13.5. The van der Waals surface area contributed by atoms with Gasteiger partial charge in [-0.25, -0.2) is 9.50 Å². The largest absolute Gasteiger partial charge is 0.486 e. The molecular formula is C16H12BrN5O2. The summed E-state index contributed by atoms with van der Waals surface area (Å²) < 4.78 is 14.1. The van der Waals surface area contributed by atoms with Gasteiger partial charge in [0.2, 0.25) is 5.95 Å². The zero-order valence-electron chi connectivity index (χ0n) is 12.4. The Kier molecular flexibility index (Phi) is 2.93. The lowest BCUT2D eigenvalue weighted by Gasteiger charge is -2.17. The third-order valence-corrected chi connectivity index (χ3v) is 4.31. The average Bonchev–Trinajstić information content (AvgIpc) is 3.10. The second kappa shape index (κ2) is 5.13. The van der Waals surface area contributed by atoms with E-state index in [1.165, 1.54) is 0 Å². The summed E-state index contributed by atoms with van der Waals surface area (Å²) in [7, 11) is 0. The Labute approximate surface area is 144 Å². The fourth-order valence-electron chi connectivity index (χ4n) is 2.78. The number of ether oxygens (including phenoxy) is 2. The smallest absolute Gasteiger partial charge is 0.253 e. The molecule has 0 amide bonds. The minimum absolute atomic E-state index is 0.555. The van der Waals surface area contributed by atoms with Crippen LogP contribution in [0, 0.1) is 0 Å². The molecule has 5 rings (SSSR count). The predicted molar refractivity (Wildman–Crippen MR) is 93.3 cm³/mol. The zero-order chi connectivity index (χ0) is 16.1. The highest BCUT2D eigenvalue weighted by molar-refractivity contribution is 9.10. The quantitative estimate of drug-likeness (QED) is 0.552. The van der Waals surface area contributed by atoms with E-state index in [1.807, 2.05) is 40.9 Å². The SMILES string of the molecule is Brc1cccc(Nc2nc3nc4cc5c(cc4n3[nH]2)OCCO5)c1. The van der Waals surface area contributed by atoms with Crippen LogP contribution in [0.1, 0.15) is 0 Å². The van der Waals surface area contributed by atoms with Gasteiger partial charge < -0.3 is 14.8 Å². The van der Waals surface area contributed by atoms with E-state index >= 15 is 0 Å². The Bertz CT molecular complexity index is 1070. The summed E-state index contributed by atoms with van der Waals surface area (Å²) in [6.45, 7) is 1.11. The standard InChI is InChI=1S/C16H12BrN5O2/c17-9-2-1-3-10(6-9)18-15-20-16-19-11-7-13-14(24-5-4-23-13)8-12(11)22(16)21-15/h1-3,6-8H,4-5H2,(H2,18,19,20,21). The van der Waals surface area contributed by atoms with Crippen LogP contribution in [0.5, 0.6) is 11.5 Å². The van der Waals surface area contributed by atoms with E-state index in [-0.39, 0.29) is 0 Å². The molecule has 0 atom stereocenters. The summed E-state index contributed by atoms with van der Waals surface area (Å²) in [5.41, 5.74) is 2.64. The van der Waals surface area contributed by atoms with E-state index in [9.17, 15) is 0 Å². The molecule has 120 valence electrons. The van der Waals surface area contributed by atoms with Crippen LogP contribution in [0.2, 0.25) is 0 Å². The van der Waals surface area contributed by atoms with Gasteiger partial charge in [0.25, 0.3) is 5.78 Å². The Morgan fingerprint density at radius 3 is 2.75 bits per heavy atom. The lowest BCUT2D eigenvalue weighted by atomic mass is 10.2. The Morgan fingerprint density at radius 1 is 1.08 bits per heavy atom. The number of nitrogens with one attached hydrogen (secondary N) is 2. The highest BCUT2D eigenvalue weighted by Gasteiger charge is 2.17. The number of aromatic nitrogens is 4. The number of fused-ring (bicyclic) bond motifs is 4. The van der Waals surface area contributed by atoms with Gasteiger partial charge in [0.1, 0.15) is 13.2 Å². The number of anilines is 2. The number of H-pyrrole nitrogens is 1. The number of nitrogens with zero attached hydrogens (tertiary/aromatic N) is 3. The number of aromatic amines is 1. The van der Waals surface area contributed by atoms with Gasteiger partial charge in [-0.15, -0.1) is 0 Å². The molecule has 0 bridgehead atoms. The van der Waals surface area contributed by atoms with Crippen molar-refractivity contribution in [3.05, 3.63) is 40.9 Å². The minimum Gasteiger partial charge on any atom is -0.486 e. The summed E-state index contributed by atoms with van der Waals surface area (Å²) in [6.07, 6.45) is 0. The number of hydrogen-bond donors (Lipinski definition) is 2. The molecule has 0 saturated carbocycles. The van der Waals surface area contributed by atoms with Crippen molar-refractivity contribution in [3.63, 3.8) is 0 Å². The van der Waals surface area contributed by atoms with Crippen LogP contribution in [0.15, 0.2) is 40.9 Å². The van der Waals surface area contributed by atoms with E-state index in [4.69, 9.17) is 9.47 Å². The fraction of sp³-hybridized carbons (Fsp3) is 0.125. The zero-order valence-corrected chi connectivity index (χ0v) is 14.0. The molecule has 2 N–H and O–H groups in total. The van der Waals surface area contributed by atoms with Gasteiger partial charge in [-0.3, -0.25) is 5.10 Å². The summed E-state index contributed by atoms with van der Waals surface area (Å²) >= 11 is 3.46. The molecule has 0 spiro atoms. The molecule has 1 aliphatic rings. The van der Waals surface area contributed by atoms with Crippen molar-refractivity contribution < 1.29 is 9.47 Å². The van der Waals surface area contributed by atoms with E-state index in [2.05, 4.69) is 36.3 Å². The van der Waals surface area contributed by atoms with E-state index < -0.39 is 0 Å². The molecule has 2 aromatic heterocycles. The lowest BCUT2D eigenvalue weighted by Crippen LogP contribution is -2.15. The molecular weight excluding hydrogens is 374 g/mol. The van der Waals surface area contributed by atoms with Crippen molar-refractivity contribution in [3.8, 4) is 11.5 Å². The van der Waals surface area contributed by atoms with Crippen LogP contribution in [0.3, 0.4) is 0 Å². The monoisotopic (exact) mass is 385 g/mol. The van der Waals surface area contributed by atoms with Crippen molar-refractivity contribution in [1.29, 1.82) is 0 Å².